The number of rotatable bonds is 3. The summed E-state index contributed by atoms with van der Waals surface area (Å²) in [6.07, 6.45) is 0.353. The highest BCUT2D eigenvalue weighted by molar-refractivity contribution is 6.37. The Bertz CT molecular complexity index is 1150. The van der Waals surface area contributed by atoms with Crippen LogP contribution in [-0.4, -0.2) is 40.4 Å². The van der Waals surface area contributed by atoms with E-state index in [1.807, 2.05) is 0 Å². The Morgan fingerprint density at radius 1 is 1.20 bits per heavy atom. The quantitative estimate of drug-likeness (QED) is 0.676. The number of nitrogens with zero attached hydrogens (tertiary/aromatic N) is 3. The Hall–Kier alpha value is -3.24. The number of aromatic nitrogens is 1. The van der Waals surface area contributed by atoms with Crippen molar-refractivity contribution in [1.29, 1.82) is 0 Å². The standard InChI is InChI=1S/C19H14ClF3N4O3/c1-7-9-2-11(21)16(26-4-8(28)5-26)14(20)15(9)27(6-10(7)19(29)30)18-13(23)3-12(22)17(24)25-18/h2-3,6,8,28H,1,4-5H2,(H2,24,25)(H,29,30). The largest absolute Gasteiger partial charge is 0.478 e. The van der Waals surface area contributed by atoms with E-state index < -0.39 is 41.2 Å². The van der Waals surface area contributed by atoms with Gasteiger partial charge in [0, 0.05) is 30.9 Å². The number of carbonyl (C=O) groups is 1. The number of halogens is 4. The molecule has 4 rings (SSSR count). The lowest BCUT2D eigenvalue weighted by molar-refractivity contribution is -0.132. The number of nitrogens with two attached hydrogens (primary N) is 1. The van der Waals surface area contributed by atoms with Crippen LogP contribution >= 0.6 is 11.6 Å². The Balaban J connectivity index is 1.99. The van der Waals surface area contributed by atoms with E-state index in [2.05, 4.69) is 11.6 Å². The number of anilines is 4. The predicted octanol–water partition coefficient (Wildman–Crippen LogP) is 3.05. The van der Waals surface area contributed by atoms with Gasteiger partial charge in [-0.05, 0) is 11.6 Å². The molecule has 0 bridgehead atoms. The number of pyridine rings is 1. The van der Waals surface area contributed by atoms with Crippen LogP contribution in [0.1, 0.15) is 5.56 Å². The molecule has 1 fully saturated rings. The highest BCUT2D eigenvalue weighted by atomic mass is 35.5. The van der Waals surface area contributed by atoms with Gasteiger partial charge in [0.05, 0.1) is 28.1 Å². The van der Waals surface area contributed by atoms with Crippen molar-refractivity contribution >= 4 is 46.2 Å². The molecular weight excluding hydrogens is 425 g/mol. The highest BCUT2D eigenvalue weighted by Crippen LogP contribution is 2.49. The maximum Gasteiger partial charge on any atom is 0.337 e. The summed E-state index contributed by atoms with van der Waals surface area (Å²) in [7, 11) is 0. The first-order chi connectivity index (χ1) is 14.1. The minimum absolute atomic E-state index is 0.00173. The number of β-amino-alcohol motifs (C(OH)–C–C–N with tert-alkyl or cyclic N) is 1. The van der Waals surface area contributed by atoms with E-state index >= 15 is 0 Å². The van der Waals surface area contributed by atoms with Gasteiger partial charge in [0.2, 0.25) is 0 Å². The maximum atomic E-state index is 14.9. The Kier molecular flexibility index (Phi) is 4.63. The van der Waals surface area contributed by atoms with E-state index in [9.17, 15) is 28.2 Å². The van der Waals surface area contributed by atoms with Crippen LogP contribution in [0.5, 0.6) is 0 Å². The maximum absolute atomic E-state index is 14.9. The Labute approximate surface area is 173 Å². The molecule has 7 nitrogen and oxygen atoms in total. The Morgan fingerprint density at radius 2 is 1.87 bits per heavy atom. The number of hydrogen-bond donors (Lipinski definition) is 3. The number of aliphatic hydroxyl groups is 1. The molecule has 3 heterocycles. The van der Waals surface area contributed by atoms with E-state index in [1.165, 1.54) is 4.90 Å². The fraction of sp³-hybridized carbons (Fsp3) is 0.158. The van der Waals surface area contributed by atoms with Crippen LogP contribution in [0.3, 0.4) is 0 Å². The molecule has 0 spiro atoms. The molecule has 0 amide bonds. The molecule has 4 N–H and O–H groups in total. The smallest absolute Gasteiger partial charge is 0.337 e. The SMILES string of the molecule is C=C1C(C(=O)O)=CN(c2nc(N)c(F)cc2F)c2c1cc(F)c(N1CC(O)C1)c2Cl. The molecule has 11 heteroatoms. The van der Waals surface area contributed by atoms with Crippen LogP contribution in [-0.2, 0) is 4.79 Å². The van der Waals surface area contributed by atoms with Crippen molar-refractivity contribution in [3.8, 4) is 0 Å². The third kappa shape index (κ3) is 2.96. The lowest BCUT2D eigenvalue weighted by Gasteiger charge is -2.40. The van der Waals surface area contributed by atoms with E-state index in [0.29, 0.717) is 6.07 Å². The van der Waals surface area contributed by atoms with Crippen molar-refractivity contribution in [1.82, 2.24) is 4.98 Å². The fourth-order valence-electron chi connectivity index (χ4n) is 3.40. The second kappa shape index (κ2) is 6.92. The van der Waals surface area contributed by atoms with Crippen molar-refractivity contribution in [3.63, 3.8) is 0 Å². The summed E-state index contributed by atoms with van der Waals surface area (Å²) in [6.45, 7) is 3.95. The zero-order chi connectivity index (χ0) is 21.9. The molecule has 1 aromatic heterocycles. The minimum Gasteiger partial charge on any atom is -0.478 e. The fourth-order valence-corrected chi connectivity index (χ4v) is 3.80. The van der Waals surface area contributed by atoms with Gasteiger partial charge in [-0.25, -0.2) is 22.9 Å². The summed E-state index contributed by atoms with van der Waals surface area (Å²) in [4.78, 5) is 17.8. The monoisotopic (exact) mass is 438 g/mol. The first-order valence-corrected chi connectivity index (χ1v) is 8.98. The number of fused-ring (bicyclic) bond motifs is 1. The van der Waals surface area contributed by atoms with Crippen molar-refractivity contribution in [2.75, 3.05) is 28.6 Å². The number of nitrogen functional groups attached to an aromatic ring is 1. The summed E-state index contributed by atoms with van der Waals surface area (Å²) in [5, 5.41) is 18.9. The molecule has 0 atom stereocenters. The molecule has 0 saturated carbocycles. The van der Waals surface area contributed by atoms with E-state index in [-0.39, 0.29) is 46.2 Å². The minimum atomic E-state index is -1.40. The van der Waals surface area contributed by atoms with Gasteiger partial charge < -0.3 is 20.8 Å². The summed E-state index contributed by atoms with van der Waals surface area (Å²) < 4.78 is 43.1. The molecule has 1 aromatic carbocycles. The average molecular weight is 439 g/mol. The van der Waals surface area contributed by atoms with E-state index in [4.69, 9.17) is 17.3 Å². The van der Waals surface area contributed by atoms with Gasteiger partial charge in [0.25, 0.3) is 0 Å². The van der Waals surface area contributed by atoms with Gasteiger partial charge in [-0.1, -0.05) is 18.2 Å². The van der Waals surface area contributed by atoms with Gasteiger partial charge >= 0.3 is 5.97 Å². The summed E-state index contributed by atoms with van der Waals surface area (Å²) in [5.41, 5.74) is 4.98. The van der Waals surface area contributed by atoms with Crippen molar-refractivity contribution < 1.29 is 28.2 Å². The number of benzene rings is 1. The van der Waals surface area contributed by atoms with Crippen LogP contribution in [0.4, 0.5) is 36.2 Å². The molecular formula is C19H14ClF3N4O3. The zero-order valence-electron chi connectivity index (χ0n) is 15.2. The topological polar surface area (TPSA) is 103 Å². The van der Waals surface area contributed by atoms with Crippen molar-refractivity contribution in [2.45, 2.75) is 6.10 Å². The summed E-state index contributed by atoms with van der Waals surface area (Å²) in [5.74, 6) is -5.55. The van der Waals surface area contributed by atoms with Crippen LogP contribution < -0.4 is 15.5 Å². The highest BCUT2D eigenvalue weighted by Gasteiger charge is 2.36. The first kappa shape index (κ1) is 20.0. The number of aliphatic hydroxyl groups excluding tert-OH is 1. The second-order valence-corrected chi connectivity index (χ2v) is 7.21. The van der Waals surface area contributed by atoms with Crippen molar-refractivity contribution in [2.24, 2.45) is 0 Å². The van der Waals surface area contributed by atoms with E-state index in [1.54, 1.807) is 0 Å². The molecule has 0 radical (unpaired) electrons. The third-order valence-corrected chi connectivity index (χ3v) is 5.25. The van der Waals surface area contributed by atoms with Gasteiger partial charge in [-0.15, -0.1) is 0 Å². The molecule has 0 aliphatic carbocycles. The Morgan fingerprint density at radius 3 is 2.47 bits per heavy atom. The lowest BCUT2D eigenvalue weighted by Crippen LogP contribution is -2.51. The zero-order valence-corrected chi connectivity index (χ0v) is 15.9. The number of aliphatic carboxylic acids is 1. The molecule has 0 unspecified atom stereocenters. The van der Waals surface area contributed by atoms with Crippen LogP contribution in [0.15, 0.2) is 30.5 Å². The van der Waals surface area contributed by atoms with Crippen LogP contribution in [0.25, 0.3) is 5.57 Å². The molecule has 2 aromatic rings. The van der Waals surface area contributed by atoms with Crippen LogP contribution in [0.2, 0.25) is 5.02 Å². The predicted molar refractivity (Wildman–Crippen MR) is 105 cm³/mol. The number of hydrogen-bond acceptors (Lipinski definition) is 6. The van der Waals surface area contributed by atoms with Crippen molar-refractivity contribution in [3.05, 3.63) is 58.5 Å². The molecule has 2 aliphatic rings. The average Bonchev–Trinajstić information content (AvgIpc) is 2.64. The normalized spacial score (nSPS) is 16.3. The molecule has 1 saturated heterocycles. The first-order valence-electron chi connectivity index (χ1n) is 8.60. The van der Waals surface area contributed by atoms with Gasteiger partial charge in [0.15, 0.2) is 23.3 Å². The number of carboxylic acid groups (broad SMARTS) is 1. The molecule has 30 heavy (non-hydrogen) atoms. The molecule has 2 aliphatic heterocycles. The molecule has 156 valence electrons. The summed E-state index contributed by atoms with van der Waals surface area (Å²) in [6, 6.07) is 1.52. The van der Waals surface area contributed by atoms with Gasteiger partial charge in [-0.2, -0.15) is 0 Å². The van der Waals surface area contributed by atoms with Gasteiger partial charge in [-0.3, -0.25) is 4.90 Å². The third-order valence-electron chi connectivity index (χ3n) is 4.89. The number of carboxylic acids is 1. The van der Waals surface area contributed by atoms with Gasteiger partial charge in [0.1, 0.15) is 5.82 Å². The summed E-state index contributed by atoms with van der Waals surface area (Å²) >= 11 is 6.47. The van der Waals surface area contributed by atoms with E-state index in [0.717, 1.165) is 17.2 Å². The second-order valence-electron chi connectivity index (χ2n) is 6.83. The lowest BCUT2D eigenvalue weighted by atomic mass is 9.93. The van der Waals surface area contributed by atoms with Crippen LogP contribution in [0, 0.1) is 17.5 Å².